The summed E-state index contributed by atoms with van der Waals surface area (Å²) in [6, 6.07) is 0.751. The molecule has 13 heavy (non-hydrogen) atoms. The molecular formula is C5H5FN2O4S. The summed E-state index contributed by atoms with van der Waals surface area (Å²) in [5.74, 6) is -0.842. The molecule has 8 heteroatoms. The number of esters is 1. The van der Waals surface area contributed by atoms with Gasteiger partial charge in [0.05, 0.1) is 7.11 Å². The zero-order valence-corrected chi connectivity index (χ0v) is 7.26. The molecule has 0 bridgehead atoms. The Balaban J connectivity index is 3.07. The molecule has 1 rings (SSSR count). The topological polar surface area (TPSA) is 89.1 Å². The minimum atomic E-state index is -4.85. The van der Waals surface area contributed by atoms with E-state index in [0.29, 0.717) is 0 Å². The van der Waals surface area contributed by atoms with Crippen LogP contribution >= 0.6 is 0 Å². The summed E-state index contributed by atoms with van der Waals surface area (Å²) < 4.78 is 37.0. The van der Waals surface area contributed by atoms with Crippen LogP contribution in [0.4, 0.5) is 3.89 Å². The number of halogens is 1. The van der Waals surface area contributed by atoms with Crippen LogP contribution in [0.3, 0.4) is 0 Å². The van der Waals surface area contributed by atoms with Crippen molar-refractivity contribution in [1.29, 1.82) is 0 Å². The minimum absolute atomic E-state index is 0.293. The Bertz CT molecular complexity index is 423. The van der Waals surface area contributed by atoms with E-state index in [2.05, 4.69) is 9.84 Å². The fourth-order valence-electron chi connectivity index (χ4n) is 0.638. The number of aromatic amines is 1. The lowest BCUT2D eigenvalue weighted by Crippen LogP contribution is -2.00. The van der Waals surface area contributed by atoms with Gasteiger partial charge in [-0.1, -0.05) is 3.89 Å². The average molecular weight is 208 g/mol. The van der Waals surface area contributed by atoms with Crippen molar-refractivity contribution >= 4 is 16.2 Å². The maximum atomic E-state index is 12.3. The SMILES string of the molecule is COC(=O)c1cc(S(=O)(=O)F)[nH]n1. The van der Waals surface area contributed by atoms with E-state index in [1.165, 1.54) is 0 Å². The first-order valence-electron chi connectivity index (χ1n) is 3.03. The van der Waals surface area contributed by atoms with E-state index >= 15 is 0 Å². The molecule has 1 aromatic rings. The maximum absolute atomic E-state index is 12.3. The number of rotatable bonds is 2. The number of hydrogen-bond acceptors (Lipinski definition) is 5. The molecule has 6 nitrogen and oxygen atoms in total. The van der Waals surface area contributed by atoms with Crippen molar-refractivity contribution < 1.29 is 21.8 Å². The van der Waals surface area contributed by atoms with E-state index in [-0.39, 0.29) is 5.69 Å². The monoisotopic (exact) mass is 208 g/mol. The Morgan fingerprint density at radius 3 is 2.69 bits per heavy atom. The van der Waals surface area contributed by atoms with Crippen LogP contribution in [0, 0.1) is 0 Å². The quantitative estimate of drug-likeness (QED) is 0.539. The molecule has 0 radical (unpaired) electrons. The predicted molar refractivity (Wildman–Crippen MR) is 38.2 cm³/mol. The van der Waals surface area contributed by atoms with E-state index in [0.717, 1.165) is 13.2 Å². The number of H-pyrrole nitrogens is 1. The van der Waals surface area contributed by atoms with Crippen molar-refractivity contribution in [2.45, 2.75) is 5.03 Å². The molecule has 0 aromatic carbocycles. The number of nitrogens with one attached hydrogen (secondary N) is 1. The van der Waals surface area contributed by atoms with Crippen molar-refractivity contribution in [3.63, 3.8) is 0 Å². The third-order valence-corrected chi connectivity index (χ3v) is 1.95. The standard InChI is InChI=1S/C5H5FN2O4S/c1-12-5(9)3-2-4(8-7-3)13(6,10)11/h2H,1H3,(H,7,8). The summed E-state index contributed by atoms with van der Waals surface area (Å²) in [6.07, 6.45) is 0. The number of carbonyl (C=O) groups excluding carboxylic acids is 1. The van der Waals surface area contributed by atoms with Gasteiger partial charge in [-0.25, -0.2) is 4.79 Å². The fourth-order valence-corrected chi connectivity index (χ4v) is 1.05. The molecule has 0 spiro atoms. The molecule has 1 heterocycles. The van der Waals surface area contributed by atoms with Crippen molar-refractivity contribution in [2.75, 3.05) is 7.11 Å². The summed E-state index contributed by atoms with van der Waals surface area (Å²) in [6.45, 7) is 0. The second-order valence-corrected chi connectivity index (χ2v) is 3.36. The van der Waals surface area contributed by atoms with Crippen LogP contribution in [0.25, 0.3) is 0 Å². The number of methoxy groups -OCH3 is 1. The Morgan fingerprint density at radius 1 is 1.69 bits per heavy atom. The van der Waals surface area contributed by atoms with Crippen LogP contribution in [-0.4, -0.2) is 31.7 Å². The summed E-state index contributed by atoms with van der Waals surface area (Å²) in [5.41, 5.74) is -0.293. The highest BCUT2D eigenvalue weighted by atomic mass is 32.3. The zero-order chi connectivity index (χ0) is 10.1. The molecule has 0 amide bonds. The van der Waals surface area contributed by atoms with E-state index in [1.54, 1.807) is 0 Å². The van der Waals surface area contributed by atoms with Crippen LogP contribution in [-0.2, 0) is 15.0 Å². The first-order chi connectivity index (χ1) is 5.95. The Morgan fingerprint density at radius 2 is 2.31 bits per heavy atom. The van der Waals surface area contributed by atoms with Crippen molar-refractivity contribution in [2.24, 2.45) is 0 Å². The number of nitrogens with zero attached hydrogens (tertiary/aromatic N) is 1. The summed E-state index contributed by atoms with van der Waals surface area (Å²) in [4.78, 5) is 10.7. The normalized spacial score (nSPS) is 11.2. The second-order valence-electron chi connectivity index (χ2n) is 2.05. The highest BCUT2D eigenvalue weighted by molar-refractivity contribution is 7.86. The van der Waals surface area contributed by atoms with Gasteiger partial charge in [-0.3, -0.25) is 5.10 Å². The van der Waals surface area contributed by atoms with Crippen molar-refractivity contribution in [3.8, 4) is 0 Å². The van der Waals surface area contributed by atoms with Crippen molar-refractivity contribution in [1.82, 2.24) is 10.2 Å². The second kappa shape index (κ2) is 3.13. The molecule has 0 aliphatic rings. The zero-order valence-electron chi connectivity index (χ0n) is 6.44. The summed E-state index contributed by atoms with van der Waals surface area (Å²) >= 11 is 0. The first kappa shape index (κ1) is 9.65. The van der Waals surface area contributed by atoms with E-state index in [9.17, 15) is 17.1 Å². The average Bonchev–Trinajstić information content (AvgIpc) is 2.50. The van der Waals surface area contributed by atoms with E-state index in [4.69, 9.17) is 0 Å². The molecule has 0 unspecified atom stereocenters. The third-order valence-electron chi connectivity index (χ3n) is 1.21. The van der Waals surface area contributed by atoms with Gasteiger partial charge in [-0.2, -0.15) is 13.5 Å². The molecule has 1 aromatic heterocycles. The largest absolute Gasteiger partial charge is 0.464 e. The number of carbonyl (C=O) groups is 1. The van der Waals surface area contributed by atoms with Gasteiger partial charge < -0.3 is 4.74 Å². The first-order valence-corrected chi connectivity index (χ1v) is 4.42. The van der Waals surface area contributed by atoms with Gasteiger partial charge in [-0.15, -0.1) is 0 Å². The van der Waals surface area contributed by atoms with Gasteiger partial charge in [0.15, 0.2) is 10.7 Å². The summed E-state index contributed by atoms with van der Waals surface area (Å²) in [5, 5.41) is 4.31. The van der Waals surface area contributed by atoms with Crippen LogP contribution in [0.1, 0.15) is 10.5 Å². The third kappa shape index (κ3) is 2.02. The van der Waals surface area contributed by atoms with Gasteiger partial charge in [0.25, 0.3) is 0 Å². The highest BCUT2D eigenvalue weighted by Gasteiger charge is 2.18. The van der Waals surface area contributed by atoms with Gasteiger partial charge in [0.2, 0.25) is 0 Å². The lowest BCUT2D eigenvalue weighted by atomic mass is 10.4. The molecule has 0 fully saturated rings. The van der Waals surface area contributed by atoms with Gasteiger partial charge in [-0.05, 0) is 0 Å². The molecule has 72 valence electrons. The van der Waals surface area contributed by atoms with Gasteiger partial charge in [0.1, 0.15) is 0 Å². The van der Waals surface area contributed by atoms with Crippen LogP contribution in [0.5, 0.6) is 0 Å². The maximum Gasteiger partial charge on any atom is 0.358 e. The van der Waals surface area contributed by atoms with E-state index < -0.39 is 21.2 Å². The smallest absolute Gasteiger partial charge is 0.358 e. The van der Waals surface area contributed by atoms with Crippen LogP contribution in [0.15, 0.2) is 11.1 Å². The summed E-state index contributed by atoms with van der Waals surface area (Å²) in [7, 11) is -3.75. The predicted octanol–water partition coefficient (Wildman–Crippen LogP) is -0.146. The number of ether oxygens (including phenoxy) is 1. The Hall–Kier alpha value is -1.44. The molecule has 0 saturated carbocycles. The Labute approximate surface area is 72.9 Å². The van der Waals surface area contributed by atoms with Crippen LogP contribution in [0.2, 0.25) is 0 Å². The fraction of sp³-hybridized carbons (Fsp3) is 0.200. The Kier molecular flexibility index (Phi) is 2.32. The highest BCUT2D eigenvalue weighted by Crippen LogP contribution is 2.10. The number of aromatic nitrogens is 2. The molecule has 0 aliphatic heterocycles. The van der Waals surface area contributed by atoms with Crippen molar-refractivity contribution in [3.05, 3.63) is 11.8 Å². The molecule has 0 aliphatic carbocycles. The molecule has 1 N–H and O–H groups in total. The number of hydrogen-bond donors (Lipinski definition) is 1. The lowest BCUT2D eigenvalue weighted by Gasteiger charge is -1.89. The van der Waals surface area contributed by atoms with Gasteiger partial charge >= 0.3 is 16.2 Å². The molecule has 0 atom stereocenters. The molecule has 0 saturated heterocycles. The van der Waals surface area contributed by atoms with E-state index in [1.807, 2.05) is 5.10 Å². The van der Waals surface area contributed by atoms with Crippen LogP contribution < -0.4 is 0 Å². The minimum Gasteiger partial charge on any atom is -0.464 e. The van der Waals surface area contributed by atoms with Gasteiger partial charge in [0, 0.05) is 6.07 Å². The molecular weight excluding hydrogens is 203 g/mol. The lowest BCUT2D eigenvalue weighted by molar-refractivity contribution is 0.0594.